The van der Waals surface area contributed by atoms with Gasteiger partial charge in [-0.1, -0.05) is 0 Å². The zero-order valence-corrected chi connectivity index (χ0v) is 10.4. The normalized spacial score (nSPS) is 8.47. The summed E-state index contributed by atoms with van der Waals surface area (Å²) in [4.78, 5) is 2.12. The Morgan fingerprint density at radius 1 is 1.20 bits per heavy atom. The SMILES string of the molecule is CCN(CC)c1ccc(NN)nn1.Cl.Cl. The first-order valence-corrected chi connectivity index (χ1v) is 4.37. The maximum absolute atomic E-state index is 5.17. The third kappa shape index (κ3) is 4.51. The number of rotatable bonds is 4. The Kier molecular flexibility index (Phi) is 9.46. The van der Waals surface area contributed by atoms with Gasteiger partial charge in [0.25, 0.3) is 0 Å². The van der Waals surface area contributed by atoms with Gasteiger partial charge in [-0.2, -0.15) is 0 Å². The van der Waals surface area contributed by atoms with Gasteiger partial charge in [-0.15, -0.1) is 35.0 Å². The zero-order chi connectivity index (χ0) is 9.68. The fraction of sp³-hybridized carbons (Fsp3) is 0.500. The van der Waals surface area contributed by atoms with Crippen LogP contribution in [0.4, 0.5) is 11.6 Å². The predicted molar refractivity (Wildman–Crippen MR) is 67.9 cm³/mol. The van der Waals surface area contributed by atoms with Crippen LogP contribution < -0.4 is 16.2 Å². The summed E-state index contributed by atoms with van der Waals surface area (Å²) in [5.74, 6) is 6.63. The zero-order valence-electron chi connectivity index (χ0n) is 8.80. The highest BCUT2D eigenvalue weighted by Crippen LogP contribution is 2.09. The Hall–Kier alpha value is -0.780. The monoisotopic (exact) mass is 253 g/mol. The molecule has 0 aliphatic carbocycles. The highest BCUT2D eigenvalue weighted by Gasteiger charge is 2.02. The van der Waals surface area contributed by atoms with Crippen molar-refractivity contribution in [2.45, 2.75) is 13.8 Å². The predicted octanol–water partition coefficient (Wildman–Crippen LogP) is 1.45. The second-order valence-corrected chi connectivity index (χ2v) is 2.59. The third-order valence-corrected chi connectivity index (χ3v) is 1.89. The molecule has 5 nitrogen and oxygen atoms in total. The molecular formula is C8H17Cl2N5. The molecular weight excluding hydrogens is 237 g/mol. The number of halogens is 2. The lowest BCUT2D eigenvalue weighted by atomic mass is 10.4. The van der Waals surface area contributed by atoms with E-state index < -0.39 is 0 Å². The molecule has 0 spiro atoms. The summed E-state index contributed by atoms with van der Waals surface area (Å²) in [6, 6.07) is 3.70. The molecule has 0 unspecified atom stereocenters. The van der Waals surface area contributed by atoms with Crippen LogP contribution in [-0.4, -0.2) is 23.3 Å². The maximum atomic E-state index is 5.17. The lowest BCUT2D eigenvalue weighted by Crippen LogP contribution is -2.23. The van der Waals surface area contributed by atoms with Gasteiger partial charge in [-0.3, -0.25) is 0 Å². The standard InChI is InChI=1S/C8H15N5.2ClH/c1-3-13(4-2)8-6-5-7(10-9)11-12-8;;/h5-6H,3-4,9H2,1-2H3,(H,10,11);2*1H. The van der Waals surface area contributed by atoms with Gasteiger partial charge in [0, 0.05) is 13.1 Å². The van der Waals surface area contributed by atoms with Crippen molar-refractivity contribution in [2.24, 2.45) is 5.84 Å². The van der Waals surface area contributed by atoms with E-state index in [-0.39, 0.29) is 24.8 Å². The van der Waals surface area contributed by atoms with E-state index >= 15 is 0 Å². The minimum Gasteiger partial charge on any atom is -0.356 e. The summed E-state index contributed by atoms with van der Waals surface area (Å²) in [5, 5.41) is 7.91. The molecule has 0 aromatic carbocycles. The van der Waals surface area contributed by atoms with E-state index in [1.807, 2.05) is 6.07 Å². The Balaban J connectivity index is 0. The number of aromatic nitrogens is 2. The number of nitrogens with zero attached hydrogens (tertiary/aromatic N) is 3. The lowest BCUT2D eigenvalue weighted by Gasteiger charge is -2.18. The molecule has 15 heavy (non-hydrogen) atoms. The molecule has 0 saturated heterocycles. The summed E-state index contributed by atoms with van der Waals surface area (Å²) in [5.41, 5.74) is 2.44. The highest BCUT2D eigenvalue weighted by molar-refractivity contribution is 5.85. The molecule has 3 N–H and O–H groups in total. The fourth-order valence-electron chi connectivity index (χ4n) is 1.12. The van der Waals surface area contributed by atoms with E-state index in [2.05, 4.69) is 34.4 Å². The smallest absolute Gasteiger partial charge is 0.162 e. The van der Waals surface area contributed by atoms with E-state index in [9.17, 15) is 0 Å². The first-order valence-electron chi connectivity index (χ1n) is 4.37. The fourth-order valence-corrected chi connectivity index (χ4v) is 1.12. The largest absolute Gasteiger partial charge is 0.356 e. The van der Waals surface area contributed by atoms with Crippen molar-refractivity contribution in [2.75, 3.05) is 23.4 Å². The van der Waals surface area contributed by atoms with Crippen molar-refractivity contribution in [1.29, 1.82) is 0 Å². The van der Waals surface area contributed by atoms with E-state index in [0.29, 0.717) is 5.82 Å². The van der Waals surface area contributed by atoms with Crippen LogP contribution in [0.3, 0.4) is 0 Å². The molecule has 7 heteroatoms. The molecule has 88 valence electrons. The number of nitrogens with two attached hydrogens (primary N) is 1. The van der Waals surface area contributed by atoms with Gasteiger partial charge in [0.15, 0.2) is 11.6 Å². The van der Waals surface area contributed by atoms with Gasteiger partial charge in [-0.05, 0) is 26.0 Å². The topological polar surface area (TPSA) is 67.1 Å². The molecule has 0 saturated carbocycles. The number of nitrogens with one attached hydrogen (secondary N) is 1. The van der Waals surface area contributed by atoms with Crippen LogP contribution in [0.5, 0.6) is 0 Å². The molecule has 0 aliphatic rings. The van der Waals surface area contributed by atoms with Crippen molar-refractivity contribution < 1.29 is 0 Å². The van der Waals surface area contributed by atoms with Gasteiger partial charge < -0.3 is 10.3 Å². The van der Waals surface area contributed by atoms with Gasteiger partial charge in [0.05, 0.1) is 0 Å². The van der Waals surface area contributed by atoms with Crippen molar-refractivity contribution in [1.82, 2.24) is 10.2 Å². The van der Waals surface area contributed by atoms with Crippen LogP contribution in [0.2, 0.25) is 0 Å². The molecule has 0 aliphatic heterocycles. The number of hydrazine groups is 1. The molecule has 0 amide bonds. The van der Waals surface area contributed by atoms with E-state index in [1.165, 1.54) is 0 Å². The average molecular weight is 254 g/mol. The van der Waals surface area contributed by atoms with E-state index in [4.69, 9.17) is 5.84 Å². The van der Waals surface area contributed by atoms with Crippen LogP contribution in [-0.2, 0) is 0 Å². The van der Waals surface area contributed by atoms with Gasteiger partial charge in [0.2, 0.25) is 0 Å². The quantitative estimate of drug-likeness (QED) is 0.628. The minimum absolute atomic E-state index is 0. The summed E-state index contributed by atoms with van der Waals surface area (Å²) >= 11 is 0. The van der Waals surface area contributed by atoms with Crippen molar-refractivity contribution >= 4 is 36.4 Å². The third-order valence-electron chi connectivity index (χ3n) is 1.89. The maximum Gasteiger partial charge on any atom is 0.162 e. The number of nitrogen functional groups attached to an aromatic ring is 1. The Bertz CT molecular complexity index is 250. The Labute approximate surface area is 102 Å². The summed E-state index contributed by atoms with van der Waals surface area (Å²) < 4.78 is 0. The first-order chi connectivity index (χ1) is 6.31. The van der Waals surface area contributed by atoms with Crippen molar-refractivity contribution in [3.63, 3.8) is 0 Å². The molecule has 0 fully saturated rings. The molecule has 1 rings (SSSR count). The summed E-state index contributed by atoms with van der Waals surface area (Å²) in [6.45, 7) is 6.03. The van der Waals surface area contributed by atoms with Gasteiger partial charge >= 0.3 is 0 Å². The van der Waals surface area contributed by atoms with Crippen LogP contribution in [0, 0.1) is 0 Å². The highest BCUT2D eigenvalue weighted by atomic mass is 35.5. The average Bonchev–Trinajstić information content (AvgIpc) is 2.21. The van der Waals surface area contributed by atoms with E-state index in [1.54, 1.807) is 6.07 Å². The molecule has 1 heterocycles. The molecule has 0 radical (unpaired) electrons. The lowest BCUT2D eigenvalue weighted by molar-refractivity contribution is 0.825. The van der Waals surface area contributed by atoms with Crippen molar-refractivity contribution in [3.8, 4) is 0 Å². The van der Waals surface area contributed by atoms with Crippen LogP contribution >= 0.6 is 24.8 Å². The second-order valence-electron chi connectivity index (χ2n) is 2.59. The molecule has 1 aromatic heterocycles. The number of anilines is 2. The van der Waals surface area contributed by atoms with E-state index in [0.717, 1.165) is 18.9 Å². The Morgan fingerprint density at radius 3 is 2.13 bits per heavy atom. The summed E-state index contributed by atoms with van der Waals surface area (Å²) in [6.07, 6.45) is 0. The minimum atomic E-state index is 0. The Morgan fingerprint density at radius 2 is 1.80 bits per heavy atom. The number of hydrogen-bond donors (Lipinski definition) is 2. The van der Waals surface area contributed by atoms with Crippen molar-refractivity contribution in [3.05, 3.63) is 12.1 Å². The molecule has 1 aromatic rings. The first kappa shape index (κ1) is 16.6. The van der Waals surface area contributed by atoms with Crippen LogP contribution in [0.25, 0.3) is 0 Å². The van der Waals surface area contributed by atoms with Crippen LogP contribution in [0.1, 0.15) is 13.8 Å². The second kappa shape index (κ2) is 8.52. The van der Waals surface area contributed by atoms with Gasteiger partial charge in [0.1, 0.15) is 0 Å². The van der Waals surface area contributed by atoms with Gasteiger partial charge in [-0.25, -0.2) is 5.84 Å². The van der Waals surface area contributed by atoms with Crippen LogP contribution in [0.15, 0.2) is 12.1 Å². The summed E-state index contributed by atoms with van der Waals surface area (Å²) in [7, 11) is 0. The molecule has 0 bridgehead atoms. The number of hydrogen-bond acceptors (Lipinski definition) is 5. The molecule has 0 atom stereocenters.